The first-order chi connectivity index (χ1) is 9.97. The SMILES string of the molecule is NC(CC(=O)O)C(=O)Nc1cccc(N2CCNC2=O)c1. The number of benzene rings is 1. The largest absolute Gasteiger partial charge is 0.481 e. The van der Waals surface area contributed by atoms with Crippen LogP contribution in [-0.4, -0.2) is 42.1 Å². The Balaban J connectivity index is 2.06. The average Bonchev–Trinajstić information content (AvgIpc) is 2.84. The van der Waals surface area contributed by atoms with Crippen LogP contribution in [0.2, 0.25) is 0 Å². The molecule has 0 bridgehead atoms. The summed E-state index contributed by atoms with van der Waals surface area (Å²) in [6.45, 7) is 1.12. The van der Waals surface area contributed by atoms with Crippen molar-refractivity contribution >= 4 is 29.3 Å². The molecule has 0 aromatic heterocycles. The van der Waals surface area contributed by atoms with Gasteiger partial charge < -0.3 is 21.5 Å². The summed E-state index contributed by atoms with van der Waals surface area (Å²) in [7, 11) is 0. The molecule has 1 aromatic rings. The first-order valence-electron chi connectivity index (χ1n) is 6.41. The van der Waals surface area contributed by atoms with Crippen LogP contribution in [0.1, 0.15) is 6.42 Å². The van der Waals surface area contributed by atoms with Gasteiger partial charge in [0.2, 0.25) is 5.91 Å². The van der Waals surface area contributed by atoms with Crippen LogP contribution < -0.4 is 21.3 Å². The molecule has 8 nitrogen and oxygen atoms in total. The molecule has 3 amide bonds. The van der Waals surface area contributed by atoms with Crippen LogP contribution in [0, 0.1) is 0 Å². The average molecular weight is 292 g/mol. The number of nitrogens with zero attached hydrogens (tertiary/aromatic N) is 1. The molecule has 21 heavy (non-hydrogen) atoms. The molecule has 0 radical (unpaired) electrons. The summed E-state index contributed by atoms with van der Waals surface area (Å²) in [6, 6.07) is 5.40. The number of anilines is 2. The maximum absolute atomic E-state index is 11.8. The number of hydrogen-bond donors (Lipinski definition) is 4. The fourth-order valence-electron chi connectivity index (χ4n) is 1.99. The number of carboxylic acid groups (broad SMARTS) is 1. The van der Waals surface area contributed by atoms with Gasteiger partial charge in [-0.25, -0.2) is 4.79 Å². The highest BCUT2D eigenvalue weighted by molar-refractivity contribution is 5.98. The smallest absolute Gasteiger partial charge is 0.321 e. The topological polar surface area (TPSA) is 125 Å². The summed E-state index contributed by atoms with van der Waals surface area (Å²) in [5.41, 5.74) is 6.59. The summed E-state index contributed by atoms with van der Waals surface area (Å²) < 4.78 is 0. The maximum atomic E-state index is 11.8. The molecule has 8 heteroatoms. The quantitative estimate of drug-likeness (QED) is 0.606. The third-order valence-electron chi connectivity index (χ3n) is 3.01. The number of carbonyl (C=O) groups excluding carboxylic acids is 2. The van der Waals surface area contributed by atoms with E-state index >= 15 is 0 Å². The van der Waals surface area contributed by atoms with Crippen molar-refractivity contribution in [1.82, 2.24) is 5.32 Å². The normalized spacial score (nSPS) is 15.5. The predicted octanol–water partition coefficient (Wildman–Crippen LogP) is -0.0433. The van der Waals surface area contributed by atoms with Crippen LogP contribution in [0.3, 0.4) is 0 Å². The molecule has 0 saturated carbocycles. The van der Waals surface area contributed by atoms with Gasteiger partial charge in [-0.2, -0.15) is 0 Å². The highest BCUT2D eigenvalue weighted by Crippen LogP contribution is 2.21. The van der Waals surface area contributed by atoms with E-state index in [-0.39, 0.29) is 6.03 Å². The molecule has 1 aliphatic heterocycles. The van der Waals surface area contributed by atoms with Gasteiger partial charge in [-0.3, -0.25) is 14.5 Å². The Morgan fingerprint density at radius 2 is 2.24 bits per heavy atom. The van der Waals surface area contributed by atoms with Crippen molar-refractivity contribution in [2.75, 3.05) is 23.3 Å². The molecule has 1 atom stereocenters. The summed E-state index contributed by atoms with van der Waals surface area (Å²) in [5.74, 6) is -1.72. The molecular weight excluding hydrogens is 276 g/mol. The number of carboxylic acids is 1. The molecule has 1 heterocycles. The maximum Gasteiger partial charge on any atom is 0.321 e. The Labute approximate surface area is 120 Å². The Bertz CT molecular complexity index is 575. The van der Waals surface area contributed by atoms with E-state index in [0.717, 1.165) is 0 Å². The predicted molar refractivity (Wildman–Crippen MR) is 76.0 cm³/mol. The number of rotatable bonds is 5. The Kier molecular flexibility index (Phi) is 4.39. The summed E-state index contributed by atoms with van der Waals surface area (Å²) in [4.78, 5) is 35.4. The van der Waals surface area contributed by atoms with E-state index in [0.29, 0.717) is 24.5 Å². The van der Waals surface area contributed by atoms with E-state index in [2.05, 4.69) is 10.6 Å². The number of carbonyl (C=O) groups is 3. The lowest BCUT2D eigenvalue weighted by Crippen LogP contribution is -2.37. The van der Waals surface area contributed by atoms with Crippen LogP contribution in [0.5, 0.6) is 0 Å². The molecule has 1 aliphatic rings. The van der Waals surface area contributed by atoms with Crippen molar-refractivity contribution in [3.63, 3.8) is 0 Å². The third kappa shape index (κ3) is 3.69. The Morgan fingerprint density at radius 3 is 2.86 bits per heavy atom. The van der Waals surface area contributed by atoms with E-state index in [1.807, 2.05) is 0 Å². The molecule has 112 valence electrons. The van der Waals surface area contributed by atoms with Gasteiger partial charge in [0, 0.05) is 24.5 Å². The van der Waals surface area contributed by atoms with E-state index < -0.39 is 24.3 Å². The van der Waals surface area contributed by atoms with Crippen LogP contribution in [0.25, 0.3) is 0 Å². The van der Waals surface area contributed by atoms with Gasteiger partial charge in [0.25, 0.3) is 0 Å². The second-order valence-corrected chi connectivity index (χ2v) is 4.63. The summed E-state index contributed by atoms with van der Waals surface area (Å²) >= 11 is 0. The minimum absolute atomic E-state index is 0.193. The minimum Gasteiger partial charge on any atom is -0.481 e. The second-order valence-electron chi connectivity index (χ2n) is 4.63. The van der Waals surface area contributed by atoms with E-state index in [4.69, 9.17) is 10.8 Å². The molecule has 1 unspecified atom stereocenters. The molecule has 5 N–H and O–H groups in total. The van der Waals surface area contributed by atoms with E-state index in [1.165, 1.54) is 0 Å². The van der Waals surface area contributed by atoms with Crippen LogP contribution in [-0.2, 0) is 9.59 Å². The summed E-state index contributed by atoms with van der Waals surface area (Å²) in [6.07, 6.45) is -0.444. The fourth-order valence-corrected chi connectivity index (χ4v) is 1.99. The van der Waals surface area contributed by atoms with E-state index in [9.17, 15) is 14.4 Å². The molecule has 1 fully saturated rings. The molecule has 2 rings (SSSR count). The number of amides is 3. The Morgan fingerprint density at radius 1 is 1.48 bits per heavy atom. The van der Waals surface area contributed by atoms with Gasteiger partial charge >= 0.3 is 12.0 Å². The Hall–Kier alpha value is -2.61. The summed E-state index contributed by atoms with van der Waals surface area (Å²) in [5, 5.41) is 13.8. The zero-order valence-electron chi connectivity index (χ0n) is 11.2. The molecule has 0 spiro atoms. The standard InChI is InChI=1S/C13H16N4O4/c14-10(7-11(18)19)12(20)16-8-2-1-3-9(6-8)17-5-4-15-13(17)21/h1-3,6,10H,4-5,7,14H2,(H,15,21)(H,16,20)(H,18,19). The molecule has 1 saturated heterocycles. The highest BCUT2D eigenvalue weighted by atomic mass is 16.4. The van der Waals surface area contributed by atoms with Gasteiger partial charge in [-0.1, -0.05) is 6.07 Å². The molecule has 1 aromatic carbocycles. The van der Waals surface area contributed by atoms with Crippen molar-refractivity contribution in [1.29, 1.82) is 0 Å². The number of nitrogens with two attached hydrogens (primary N) is 1. The van der Waals surface area contributed by atoms with E-state index in [1.54, 1.807) is 29.2 Å². The van der Waals surface area contributed by atoms with Gasteiger partial charge in [0.15, 0.2) is 0 Å². The van der Waals surface area contributed by atoms with Crippen molar-refractivity contribution in [2.45, 2.75) is 12.5 Å². The van der Waals surface area contributed by atoms with Gasteiger partial charge in [-0.15, -0.1) is 0 Å². The highest BCUT2D eigenvalue weighted by Gasteiger charge is 2.22. The van der Waals surface area contributed by atoms with Crippen molar-refractivity contribution < 1.29 is 19.5 Å². The minimum atomic E-state index is -1.14. The lowest BCUT2D eigenvalue weighted by atomic mass is 10.2. The first kappa shape index (κ1) is 14.8. The number of hydrogen-bond acceptors (Lipinski definition) is 4. The zero-order valence-corrected chi connectivity index (χ0v) is 11.2. The lowest BCUT2D eigenvalue weighted by Gasteiger charge is -2.16. The lowest BCUT2D eigenvalue weighted by molar-refractivity contribution is -0.138. The molecular formula is C13H16N4O4. The molecule has 0 aliphatic carbocycles. The second kappa shape index (κ2) is 6.23. The fraction of sp³-hybridized carbons (Fsp3) is 0.308. The van der Waals surface area contributed by atoms with Crippen LogP contribution >= 0.6 is 0 Å². The number of nitrogens with one attached hydrogen (secondary N) is 2. The van der Waals surface area contributed by atoms with Gasteiger partial charge in [-0.05, 0) is 18.2 Å². The first-order valence-corrected chi connectivity index (χ1v) is 6.41. The number of urea groups is 1. The van der Waals surface area contributed by atoms with Crippen molar-refractivity contribution in [2.24, 2.45) is 5.73 Å². The van der Waals surface area contributed by atoms with Crippen molar-refractivity contribution in [3.05, 3.63) is 24.3 Å². The third-order valence-corrected chi connectivity index (χ3v) is 3.01. The number of aliphatic carboxylic acids is 1. The van der Waals surface area contributed by atoms with Crippen LogP contribution in [0.4, 0.5) is 16.2 Å². The van der Waals surface area contributed by atoms with Gasteiger partial charge in [0.1, 0.15) is 0 Å². The van der Waals surface area contributed by atoms with Crippen LogP contribution in [0.15, 0.2) is 24.3 Å². The zero-order chi connectivity index (χ0) is 15.4. The monoisotopic (exact) mass is 292 g/mol. The van der Waals surface area contributed by atoms with Gasteiger partial charge in [0.05, 0.1) is 12.5 Å². The van der Waals surface area contributed by atoms with Crippen molar-refractivity contribution in [3.8, 4) is 0 Å².